The number of fused-ring (bicyclic) bond motifs is 3. The first-order valence-electron chi connectivity index (χ1n) is 10.4. The van der Waals surface area contributed by atoms with Crippen LogP contribution in [0.5, 0.6) is 0 Å². The number of hydrogen-bond acceptors (Lipinski definition) is 5. The van der Waals surface area contributed by atoms with Gasteiger partial charge in [0.05, 0.1) is 5.52 Å². The lowest BCUT2D eigenvalue weighted by Crippen LogP contribution is -2.24. The summed E-state index contributed by atoms with van der Waals surface area (Å²) in [6.45, 7) is 6.49. The zero-order valence-electron chi connectivity index (χ0n) is 17.6. The predicted octanol–water partition coefficient (Wildman–Crippen LogP) is 5.84. The molecule has 160 valence electrons. The second kappa shape index (κ2) is 8.76. The van der Waals surface area contributed by atoms with Crippen LogP contribution < -0.4 is 5.56 Å². The summed E-state index contributed by atoms with van der Waals surface area (Å²) in [6.07, 6.45) is 1.84. The van der Waals surface area contributed by atoms with Crippen LogP contribution in [0.3, 0.4) is 0 Å². The first-order chi connectivity index (χ1) is 15.7. The van der Waals surface area contributed by atoms with Crippen LogP contribution >= 0.6 is 23.1 Å². The molecule has 5 rings (SSSR count). The highest BCUT2D eigenvalue weighted by Crippen LogP contribution is 2.27. The van der Waals surface area contributed by atoms with Crippen molar-refractivity contribution in [3.8, 4) is 0 Å². The minimum atomic E-state index is -0.00533. The molecule has 0 aliphatic heterocycles. The molecule has 7 heteroatoms. The number of benzene rings is 2. The fraction of sp³-hybridized carbons (Fsp3) is 0.160. The Morgan fingerprint density at radius 2 is 1.88 bits per heavy atom. The minimum Gasteiger partial charge on any atom is -0.275 e. The highest BCUT2D eigenvalue weighted by molar-refractivity contribution is 7.98. The van der Waals surface area contributed by atoms with Crippen molar-refractivity contribution in [2.45, 2.75) is 30.3 Å². The van der Waals surface area contributed by atoms with E-state index >= 15 is 0 Å². The number of aromatic nitrogens is 4. The summed E-state index contributed by atoms with van der Waals surface area (Å²) in [5, 5.41) is 11.6. The van der Waals surface area contributed by atoms with Gasteiger partial charge < -0.3 is 0 Å². The number of nitrogens with zero attached hydrogens (tertiary/aromatic N) is 4. The maximum Gasteiger partial charge on any atom is 0.272 e. The van der Waals surface area contributed by atoms with Gasteiger partial charge in [-0.1, -0.05) is 85.9 Å². The van der Waals surface area contributed by atoms with Gasteiger partial charge in [-0.15, -0.1) is 21.5 Å². The largest absolute Gasteiger partial charge is 0.275 e. The van der Waals surface area contributed by atoms with Crippen molar-refractivity contribution in [3.63, 3.8) is 0 Å². The molecule has 2 aromatic carbocycles. The van der Waals surface area contributed by atoms with E-state index in [9.17, 15) is 4.79 Å². The molecule has 0 radical (unpaired) electrons. The Kier molecular flexibility index (Phi) is 5.68. The summed E-state index contributed by atoms with van der Waals surface area (Å²) in [5.41, 5.74) is 4.36. The molecule has 0 unspecified atom stereocenters. The van der Waals surface area contributed by atoms with Crippen LogP contribution in [0, 0.1) is 0 Å². The van der Waals surface area contributed by atoms with Crippen LogP contribution in [-0.2, 0) is 12.3 Å². The van der Waals surface area contributed by atoms with E-state index in [0.29, 0.717) is 12.3 Å². The molecule has 0 bridgehead atoms. The lowest BCUT2D eigenvalue weighted by atomic mass is 10.0. The van der Waals surface area contributed by atoms with E-state index in [4.69, 9.17) is 0 Å². The maximum absolute atomic E-state index is 13.3. The normalized spacial score (nSPS) is 12.4. The molecule has 0 aliphatic rings. The van der Waals surface area contributed by atoms with Crippen LogP contribution in [0.25, 0.3) is 22.1 Å². The summed E-state index contributed by atoms with van der Waals surface area (Å²) < 4.78 is 4.52. The van der Waals surface area contributed by atoms with Gasteiger partial charge in [-0.05, 0) is 34.1 Å². The molecule has 5 aromatic rings. The molecular weight excluding hydrogens is 436 g/mol. The van der Waals surface area contributed by atoms with Crippen molar-refractivity contribution in [1.29, 1.82) is 0 Å². The SMILES string of the molecule is C=Cc1ccc(CSc2nnc3n(C[C@H](C)c4ccccc4)c(=O)c4sccc4n23)cc1. The molecule has 0 N–H and O–H groups in total. The molecule has 0 aliphatic carbocycles. The van der Waals surface area contributed by atoms with Crippen LogP contribution in [-0.4, -0.2) is 19.2 Å². The van der Waals surface area contributed by atoms with Crippen molar-refractivity contribution < 1.29 is 0 Å². The van der Waals surface area contributed by atoms with Crippen LogP contribution in [0.4, 0.5) is 0 Å². The molecular formula is C25H22N4OS2. The van der Waals surface area contributed by atoms with E-state index in [1.807, 2.05) is 40.1 Å². The molecule has 32 heavy (non-hydrogen) atoms. The molecule has 0 saturated heterocycles. The Hall–Kier alpha value is -3.16. The Morgan fingerprint density at radius 3 is 2.62 bits per heavy atom. The van der Waals surface area contributed by atoms with Gasteiger partial charge in [0.2, 0.25) is 5.78 Å². The quantitative estimate of drug-likeness (QED) is 0.287. The van der Waals surface area contributed by atoms with Crippen molar-refractivity contribution in [2.24, 2.45) is 0 Å². The average Bonchev–Trinajstić information content (AvgIpc) is 3.48. The van der Waals surface area contributed by atoms with E-state index in [1.54, 1.807) is 16.3 Å². The van der Waals surface area contributed by atoms with Gasteiger partial charge in [0.25, 0.3) is 5.56 Å². The van der Waals surface area contributed by atoms with Gasteiger partial charge in [0.1, 0.15) is 4.70 Å². The lowest BCUT2D eigenvalue weighted by molar-refractivity contribution is 0.588. The predicted molar refractivity (Wildman–Crippen MR) is 134 cm³/mol. The van der Waals surface area contributed by atoms with Crippen LogP contribution in [0.2, 0.25) is 0 Å². The maximum atomic E-state index is 13.3. The highest BCUT2D eigenvalue weighted by Gasteiger charge is 2.19. The fourth-order valence-corrected chi connectivity index (χ4v) is 5.54. The monoisotopic (exact) mass is 458 g/mol. The fourth-order valence-electron chi connectivity index (χ4n) is 3.82. The molecule has 0 amide bonds. The van der Waals surface area contributed by atoms with Crippen LogP contribution in [0.15, 0.2) is 82.6 Å². The van der Waals surface area contributed by atoms with Gasteiger partial charge >= 0.3 is 0 Å². The summed E-state index contributed by atoms with van der Waals surface area (Å²) >= 11 is 3.09. The van der Waals surface area contributed by atoms with E-state index < -0.39 is 0 Å². The van der Waals surface area contributed by atoms with Gasteiger partial charge in [-0.3, -0.25) is 13.8 Å². The molecule has 3 aromatic heterocycles. The van der Waals surface area contributed by atoms with Gasteiger partial charge in [-0.25, -0.2) is 0 Å². The topological polar surface area (TPSA) is 52.2 Å². The van der Waals surface area contributed by atoms with Gasteiger partial charge in [0.15, 0.2) is 5.16 Å². The zero-order chi connectivity index (χ0) is 22.1. The van der Waals surface area contributed by atoms with Crippen molar-refractivity contribution in [1.82, 2.24) is 19.2 Å². The molecule has 1 atom stereocenters. The Morgan fingerprint density at radius 1 is 1.09 bits per heavy atom. The van der Waals surface area contributed by atoms with E-state index in [1.165, 1.54) is 22.5 Å². The third-order valence-corrected chi connectivity index (χ3v) is 7.48. The Bertz CT molecular complexity index is 1450. The van der Waals surface area contributed by atoms with Crippen LogP contribution in [0.1, 0.15) is 29.5 Å². The van der Waals surface area contributed by atoms with E-state index in [-0.39, 0.29) is 11.5 Å². The Labute approximate surface area is 194 Å². The number of rotatable bonds is 7. The van der Waals surface area contributed by atoms with Gasteiger partial charge in [0, 0.05) is 12.3 Å². The summed E-state index contributed by atoms with van der Waals surface area (Å²) in [6, 6.07) is 20.6. The average molecular weight is 459 g/mol. The molecule has 3 heterocycles. The second-order valence-corrected chi connectivity index (χ2v) is 9.57. The zero-order valence-corrected chi connectivity index (χ0v) is 19.3. The third kappa shape index (κ3) is 3.78. The summed E-state index contributed by atoms with van der Waals surface area (Å²) in [7, 11) is 0. The summed E-state index contributed by atoms with van der Waals surface area (Å²) in [4.78, 5) is 13.3. The van der Waals surface area contributed by atoms with E-state index in [0.717, 1.165) is 26.7 Å². The first-order valence-corrected chi connectivity index (χ1v) is 12.3. The molecule has 5 nitrogen and oxygen atoms in total. The lowest BCUT2D eigenvalue weighted by Gasteiger charge is -2.15. The minimum absolute atomic E-state index is 0.00533. The number of thiophene rings is 1. The third-order valence-electron chi connectivity index (χ3n) is 5.59. The molecule has 0 saturated carbocycles. The second-order valence-electron chi connectivity index (χ2n) is 7.71. The van der Waals surface area contributed by atoms with Crippen molar-refractivity contribution >= 4 is 45.2 Å². The van der Waals surface area contributed by atoms with Crippen molar-refractivity contribution in [2.75, 3.05) is 0 Å². The molecule has 0 fully saturated rings. The first kappa shape index (κ1) is 20.7. The number of hydrogen-bond donors (Lipinski definition) is 0. The smallest absolute Gasteiger partial charge is 0.272 e. The van der Waals surface area contributed by atoms with Gasteiger partial charge in [-0.2, -0.15) is 0 Å². The molecule has 0 spiro atoms. The summed E-state index contributed by atoms with van der Waals surface area (Å²) in [5.74, 6) is 1.53. The standard InChI is InChI=1S/C25H22N4OS2/c1-3-18-9-11-19(12-10-18)16-32-25-27-26-24-28(15-17(2)20-7-5-4-6-8-20)23(30)22-21(29(24)25)13-14-31-22/h3-14,17H,1,15-16H2,2H3/t17-/m0/s1. The van der Waals surface area contributed by atoms with Crippen molar-refractivity contribution in [3.05, 3.63) is 99.7 Å². The Balaban J connectivity index is 1.53. The van der Waals surface area contributed by atoms with E-state index in [2.05, 4.69) is 60.1 Å². The number of thioether (sulfide) groups is 1. The highest BCUT2D eigenvalue weighted by atomic mass is 32.2.